The van der Waals surface area contributed by atoms with Crippen molar-refractivity contribution in [2.45, 2.75) is 25.4 Å². The molecule has 0 aliphatic heterocycles. The summed E-state index contributed by atoms with van der Waals surface area (Å²) in [6.45, 7) is 0. The van der Waals surface area contributed by atoms with E-state index in [-0.39, 0.29) is 6.10 Å². The van der Waals surface area contributed by atoms with E-state index in [1.54, 1.807) is 0 Å². The summed E-state index contributed by atoms with van der Waals surface area (Å²) in [6.07, 6.45) is 4.98. The molecular formula is C9H13NO. The summed E-state index contributed by atoms with van der Waals surface area (Å²) in [7, 11) is 2.04. The Bertz CT molecular complexity index is 265. The summed E-state index contributed by atoms with van der Waals surface area (Å²) in [5, 5.41) is 9.56. The second-order valence-corrected chi connectivity index (χ2v) is 3.24. The van der Waals surface area contributed by atoms with E-state index in [2.05, 4.69) is 4.57 Å². The van der Waals surface area contributed by atoms with Crippen molar-refractivity contribution in [3.05, 3.63) is 23.5 Å². The summed E-state index contributed by atoms with van der Waals surface area (Å²) >= 11 is 0. The Hall–Kier alpha value is -0.760. The fourth-order valence-corrected chi connectivity index (χ4v) is 1.82. The van der Waals surface area contributed by atoms with Crippen molar-refractivity contribution in [2.24, 2.45) is 7.05 Å². The van der Waals surface area contributed by atoms with Crippen LogP contribution in [0.15, 0.2) is 12.3 Å². The molecule has 0 amide bonds. The number of rotatable bonds is 0. The molecule has 0 bridgehead atoms. The Balaban J connectivity index is 2.46. The molecule has 0 spiro atoms. The number of hydrogen-bond donors (Lipinski definition) is 1. The van der Waals surface area contributed by atoms with Gasteiger partial charge in [0.2, 0.25) is 0 Å². The molecule has 1 unspecified atom stereocenters. The van der Waals surface area contributed by atoms with Crippen LogP contribution in [0.25, 0.3) is 0 Å². The molecule has 1 aliphatic carbocycles. The van der Waals surface area contributed by atoms with Crippen LogP contribution in [0.1, 0.15) is 30.2 Å². The summed E-state index contributed by atoms with van der Waals surface area (Å²) in [5.41, 5.74) is 2.45. The van der Waals surface area contributed by atoms with E-state index in [1.165, 1.54) is 5.69 Å². The SMILES string of the molecule is Cn1ccc2c1CCCC2O. The van der Waals surface area contributed by atoms with E-state index in [0.29, 0.717) is 0 Å². The molecule has 1 atom stereocenters. The molecule has 0 aromatic carbocycles. The van der Waals surface area contributed by atoms with Crippen LogP contribution in [-0.4, -0.2) is 9.67 Å². The van der Waals surface area contributed by atoms with E-state index in [0.717, 1.165) is 24.8 Å². The third kappa shape index (κ3) is 0.979. The van der Waals surface area contributed by atoms with E-state index in [4.69, 9.17) is 0 Å². The number of hydrogen-bond acceptors (Lipinski definition) is 1. The molecule has 11 heavy (non-hydrogen) atoms. The average molecular weight is 151 g/mol. The third-order valence-corrected chi connectivity index (χ3v) is 2.49. The molecule has 0 fully saturated rings. The lowest BCUT2D eigenvalue weighted by Gasteiger charge is -2.18. The number of aryl methyl sites for hydroxylation is 1. The second kappa shape index (κ2) is 2.38. The lowest BCUT2D eigenvalue weighted by molar-refractivity contribution is 0.156. The maximum absolute atomic E-state index is 9.56. The Labute approximate surface area is 66.5 Å². The molecule has 1 aromatic heterocycles. The van der Waals surface area contributed by atoms with Gasteiger partial charge in [0.25, 0.3) is 0 Å². The zero-order valence-electron chi connectivity index (χ0n) is 6.75. The van der Waals surface area contributed by atoms with E-state index < -0.39 is 0 Å². The van der Waals surface area contributed by atoms with Crippen LogP contribution in [0.3, 0.4) is 0 Å². The van der Waals surface area contributed by atoms with Crippen molar-refractivity contribution < 1.29 is 5.11 Å². The van der Waals surface area contributed by atoms with Crippen molar-refractivity contribution in [2.75, 3.05) is 0 Å². The molecule has 1 aromatic rings. The summed E-state index contributed by atoms with van der Waals surface area (Å²) in [4.78, 5) is 0. The smallest absolute Gasteiger partial charge is 0.0807 e. The maximum Gasteiger partial charge on any atom is 0.0807 e. The minimum Gasteiger partial charge on any atom is -0.388 e. The first-order valence-corrected chi connectivity index (χ1v) is 4.11. The van der Waals surface area contributed by atoms with Gasteiger partial charge in [-0.05, 0) is 25.3 Å². The fraction of sp³-hybridized carbons (Fsp3) is 0.556. The van der Waals surface area contributed by atoms with Gasteiger partial charge in [-0.25, -0.2) is 0 Å². The van der Waals surface area contributed by atoms with Crippen LogP contribution in [0.4, 0.5) is 0 Å². The van der Waals surface area contributed by atoms with Gasteiger partial charge >= 0.3 is 0 Å². The standard InChI is InChI=1S/C9H13NO/c1-10-6-5-7-8(10)3-2-4-9(7)11/h5-6,9,11H,2-4H2,1H3. The molecule has 2 heteroatoms. The van der Waals surface area contributed by atoms with Crippen molar-refractivity contribution in [3.8, 4) is 0 Å². The minimum atomic E-state index is -0.208. The first kappa shape index (κ1) is 6.92. The van der Waals surface area contributed by atoms with Gasteiger partial charge in [-0.3, -0.25) is 0 Å². The average Bonchev–Trinajstić information content (AvgIpc) is 2.35. The van der Waals surface area contributed by atoms with E-state index in [9.17, 15) is 5.11 Å². The Kier molecular flexibility index (Phi) is 1.50. The minimum absolute atomic E-state index is 0.208. The largest absolute Gasteiger partial charge is 0.388 e. The van der Waals surface area contributed by atoms with Crippen molar-refractivity contribution in [1.29, 1.82) is 0 Å². The van der Waals surface area contributed by atoms with Crippen molar-refractivity contribution in [3.63, 3.8) is 0 Å². The molecule has 1 heterocycles. The van der Waals surface area contributed by atoms with Crippen LogP contribution in [0.5, 0.6) is 0 Å². The molecule has 60 valence electrons. The fourth-order valence-electron chi connectivity index (χ4n) is 1.82. The van der Waals surface area contributed by atoms with Gasteiger partial charge in [0.1, 0.15) is 0 Å². The van der Waals surface area contributed by atoms with Gasteiger partial charge in [-0.2, -0.15) is 0 Å². The monoisotopic (exact) mass is 151 g/mol. The van der Waals surface area contributed by atoms with Crippen LogP contribution >= 0.6 is 0 Å². The van der Waals surface area contributed by atoms with Crippen molar-refractivity contribution in [1.82, 2.24) is 4.57 Å². The van der Waals surface area contributed by atoms with Gasteiger partial charge in [0, 0.05) is 24.5 Å². The zero-order chi connectivity index (χ0) is 7.84. The normalized spacial score (nSPS) is 23.3. The lowest BCUT2D eigenvalue weighted by atomic mass is 9.95. The first-order valence-electron chi connectivity index (χ1n) is 4.11. The Morgan fingerprint density at radius 2 is 2.45 bits per heavy atom. The summed E-state index contributed by atoms with van der Waals surface area (Å²) < 4.78 is 2.11. The summed E-state index contributed by atoms with van der Waals surface area (Å²) in [6, 6.07) is 2.03. The molecule has 0 radical (unpaired) electrons. The van der Waals surface area contributed by atoms with Gasteiger partial charge in [0.15, 0.2) is 0 Å². The lowest BCUT2D eigenvalue weighted by Crippen LogP contribution is -2.09. The van der Waals surface area contributed by atoms with E-state index >= 15 is 0 Å². The molecule has 1 N–H and O–H groups in total. The first-order chi connectivity index (χ1) is 5.29. The van der Waals surface area contributed by atoms with Crippen LogP contribution in [-0.2, 0) is 13.5 Å². The van der Waals surface area contributed by atoms with Gasteiger partial charge < -0.3 is 9.67 Å². The predicted octanol–water partition coefficient (Wildman–Crippen LogP) is 1.39. The quantitative estimate of drug-likeness (QED) is 0.595. The van der Waals surface area contributed by atoms with Crippen molar-refractivity contribution >= 4 is 0 Å². The molecular weight excluding hydrogens is 138 g/mol. The number of aromatic nitrogens is 1. The Morgan fingerprint density at radius 3 is 3.18 bits per heavy atom. The zero-order valence-corrected chi connectivity index (χ0v) is 6.75. The van der Waals surface area contributed by atoms with E-state index in [1.807, 2.05) is 19.3 Å². The van der Waals surface area contributed by atoms with Crippen LogP contribution < -0.4 is 0 Å². The summed E-state index contributed by atoms with van der Waals surface area (Å²) in [5.74, 6) is 0. The Morgan fingerprint density at radius 1 is 1.64 bits per heavy atom. The topological polar surface area (TPSA) is 25.2 Å². The number of aliphatic hydroxyl groups is 1. The molecule has 0 saturated carbocycles. The van der Waals surface area contributed by atoms with Crippen LogP contribution in [0.2, 0.25) is 0 Å². The highest BCUT2D eigenvalue weighted by Gasteiger charge is 2.19. The number of fused-ring (bicyclic) bond motifs is 1. The maximum atomic E-state index is 9.56. The highest BCUT2D eigenvalue weighted by molar-refractivity contribution is 5.26. The molecule has 0 saturated heterocycles. The highest BCUT2D eigenvalue weighted by Crippen LogP contribution is 2.29. The third-order valence-electron chi connectivity index (χ3n) is 2.49. The second-order valence-electron chi connectivity index (χ2n) is 3.24. The molecule has 2 rings (SSSR count). The molecule has 2 nitrogen and oxygen atoms in total. The number of aliphatic hydroxyl groups excluding tert-OH is 1. The predicted molar refractivity (Wildman–Crippen MR) is 43.3 cm³/mol. The van der Waals surface area contributed by atoms with Crippen LogP contribution in [0, 0.1) is 0 Å². The molecule has 1 aliphatic rings. The van der Waals surface area contributed by atoms with Gasteiger partial charge in [-0.1, -0.05) is 0 Å². The van der Waals surface area contributed by atoms with Gasteiger partial charge in [-0.15, -0.1) is 0 Å². The van der Waals surface area contributed by atoms with Gasteiger partial charge in [0.05, 0.1) is 6.10 Å². The highest BCUT2D eigenvalue weighted by atomic mass is 16.3. The number of nitrogens with zero attached hydrogens (tertiary/aromatic N) is 1.